The summed E-state index contributed by atoms with van der Waals surface area (Å²) in [6.45, 7) is 7.42. The van der Waals surface area contributed by atoms with E-state index < -0.39 is 0 Å². The standard InChI is InChI=1S/C19H25NO/c1-14(2)19(16-8-6-5-7-9-16)20-13-17-12-15(3)10-11-18(17)21-4/h5-12,14,19-20H,13H2,1-4H3. The van der Waals surface area contributed by atoms with Crippen molar-refractivity contribution in [2.45, 2.75) is 33.4 Å². The molecule has 2 aromatic rings. The van der Waals surface area contributed by atoms with Crippen LogP contribution in [0, 0.1) is 12.8 Å². The van der Waals surface area contributed by atoms with E-state index in [0.29, 0.717) is 12.0 Å². The van der Waals surface area contributed by atoms with Gasteiger partial charge in [0.15, 0.2) is 0 Å². The zero-order valence-electron chi connectivity index (χ0n) is 13.4. The zero-order chi connectivity index (χ0) is 15.2. The highest BCUT2D eigenvalue weighted by molar-refractivity contribution is 5.37. The van der Waals surface area contributed by atoms with Crippen LogP contribution in [-0.2, 0) is 6.54 Å². The Labute approximate surface area is 128 Å². The van der Waals surface area contributed by atoms with E-state index >= 15 is 0 Å². The van der Waals surface area contributed by atoms with Gasteiger partial charge in [0.25, 0.3) is 0 Å². The van der Waals surface area contributed by atoms with Gasteiger partial charge in [-0.3, -0.25) is 0 Å². The largest absolute Gasteiger partial charge is 0.496 e. The van der Waals surface area contributed by atoms with Gasteiger partial charge < -0.3 is 10.1 Å². The summed E-state index contributed by atoms with van der Waals surface area (Å²) in [5, 5.41) is 3.67. The minimum absolute atomic E-state index is 0.344. The molecule has 0 aliphatic carbocycles. The Kier molecular flexibility index (Phi) is 5.40. The highest BCUT2D eigenvalue weighted by Crippen LogP contribution is 2.24. The van der Waals surface area contributed by atoms with Gasteiger partial charge in [0.05, 0.1) is 7.11 Å². The van der Waals surface area contributed by atoms with Gasteiger partial charge in [0.1, 0.15) is 5.75 Å². The van der Waals surface area contributed by atoms with Gasteiger partial charge in [-0.25, -0.2) is 0 Å². The fourth-order valence-electron chi connectivity index (χ4n) is 2.66. The summed E-state index contributed by atoms with van der Waals surface area (Å²) in [4.78, 5) is 0. The Bertz CT molecular complexity index is 563. The molecule has 0 aromatic heterocycles. The molecule has 1 atom stereocenters. The normalized spacial score (nSPS) is 12.4. The first-order valence-electron chi connectivity index (χ1n) is 7.53. The lowest BCUT2D eigenvalue weighted by Crippen LogP contribution is -2.25. The van der Waals surface area contributed by atoms with Crippen LogP contribution in [0.2, 0.25) is 0 Å². The molecule has 0 aliphatic rings. The number of hydrogen-bond acceptors (Lipinski definition) is 2. The van der Waals surface area contributed by atoms with Crippen molar-refractivity contribution in [3.8, 4) is 5.75 Å². The van der Waals surface area contributed by atoms with Gasteiger partial charge in [-0.15, -0.1) is 0 Å². The predicted octanol–water partition coefficient (Wildman–Crippen LogP) is 4.49. The molecule has 2 nitrogen and oxygen atoms in total. The topological polar surface area (TPSA) is 21.3 Å². The molecule has 1 unspecified atom stereocenters. The van der Waals surface area contributed by atoms with E-state index in [9.17, 15) is 0 Å². The van der Waals surface area contributed by atoms with Gasteiger partial charge in [-0.2, -0.15) is 0 Å². The summed E-state index contributed by atoms with van der Waals surface area (Å²) < 4.78 is 5.46. The van der Waals surface area contributed by atoms with Crippen LogP contribution in [0.15, 0.2) is 48.5 Å². The van der Waals surface area contributed by atoms with E-state index in [-0.39, 0.29) is 0 Å². The second-order valence-electron chi connectivity index (χ2n) is 5.83. The van der Waals surface area contributed by atoms with Crippen LogP contribution in [0.1, 0.15) is 36.6 Å². The molecule has 0 heterocycles. The second kappa shape index (κ2) is 7.28. The Balaban J connectivity index is 2.14. The van der Waals surface area contributed by atoms with E-state index in [4.69, 9.17) is 4.74 Å². The van der Waals surface area contributed by atoms with Crippen molar-refractivity contribution in [2.75, 3.05) is 7.11 Å². The van der Waals surface area contributed by atoms with E-state index in [1.807, 2.05) is 6.07 Å². The maximum absolute atomic E-state index is 5.46. The summed E-state index contributed by atoms with van der Waals surface area (Å²) in [6, 6.07) is 17.3. The van der Waals surface area contributed by atoms with Crippen LogP contribution in [0.25, 0.3) is 0 Å². The van der Waals surface area contributed by atoms with Crippen molar-refractivity contribution in [2.24, 2.45) is 5.92 Å². The lowest BCUT2D eigenvalue weighted by atomic mass is 9.95. The summed E-state index contributed by atoms with van der Waals surface area (Å²) in [7, 11) is 1.73. The Morgan fingerprint density at radius 3 is 2.38 bits per heavy atom. The molecule has 0 saturated carbocycles. The van der Waals surface area contributed by atoms with E-state index in [1.165, 1.54) is 16.7 Å². The van der Waals surface area contributed by atoms with Crippen molar-refractivity contribution in [1.29, 1.82) is 0 Å². The highest BCUT2D eigenvalue weighted by atomic mass is 16.5. The minimum atomic E-state index is 0.344. The van der Waals surface area contributed by atoms with Crippen LogP contribution in [-0.4, -0.2) is 7.11 Å². The molecular weight excluding hydrogens is 258 g/mol. The smallest absolute Gasteiger partial charge is 0.123 e. The third-order valence-corrected chi connectivity index (χ3v) is 3.77. The maximum Gasteiger partial charge on any atom is 0.123 e. The van der Waals surface area contributed by atoms with Gasteiger partial charge in [0.2, 0.25) is 0 Å². The Morgan fingerprint density at radius 1 is 1.05 bits per heavy atom. The number of rotatable bonds is 6. The lowest BCUT2D eigenvalue weighted by Gasteiger charge is -2.23. The van der Waals surface area contributed by atoms with Crippen LogP contribution in [0.4, 0.5) is 0 Å². The summed E-state index contributed by atoms with van der Waals surface area (Å²) >= 11 is 0. The number of aryl methyl sites for hydroxylation is 1. The van der Waals surface area contributed by atoms with Gasteiger partial charge in [0, 0.05) is 18.2 Å². The fourth-order valence-corrected chi connectivity index (χ4v) is 2.66. The molecule has 112 valence electrons. The number of benzene rings is 2. The van der Waals surface area contributed by atoms with E-state index in [1.54, 1.807) is 7.11 Å². The van der Waals surface area contributed by atoms with E-state index in [0.717, 1.165) is 12.3 Å². The number of nitrogens with one attached hydrogen (secondary N) is 1. The molecule has 0 radical (unpaired) electrons. The van der Waals surface area contributed by atoms with Crippen molar-refractivity contribution >= 4 is 0 Å². The van der Waals surface area contributed by atoms with Crippen molar-refractivity contribution < 1.29 is 4.74 Å². The molecular formula is C19H25NO. The molecule has 2 rings (SSSR count). The summed E-state index contributed by atoms with van der Waals surface area (Å²) in [5.41, 5.74) is 3.80. The first kappa shape index (κ1) is 15.6. The molecule has 1 N–H and O–H groups in total. The van der Waals surface area contributed by atoms with Gasteiger partial charge >= 0.3 is 0 Å². The third-order valence-electron chi connectivity index (χ3n) is 3.77. The van der Waals surface area contributed by atoms with Crippen molar-refractivity contribution in [1.82, 2.24) is 5.32 Å². The number of hydrogen-bond donors (Lipinski definition) is 1. The fraction of sp³-hybridized carbons (Fsp3) is 0.368. The van der Waals surface area contributed by atoms with Gasteiger partial charge in [-0.1, -0.05) is 61.9 Å². The van der Waals surface area contributed by atoms with Crippen LogP contribution < -0.4 is 10.1 Å². The molecule has 0 saturated heterocycles. The molecule has 21 heavy (non-hydrogen) atoms. The maximum atomic E-state index is 5.46. The number of ether oxygens (including phenoxy) is 1. The minimum Gasteiger partial charge on any atom is -0.496 e. The molecule has 0 spiro atoms. The van der Waals surface area contributed by atoms with Crippen molar-refractivity contribution in [3.05, 3.63) is 65.2 Å². The first-order chi connectivity index (χ1) is 10.1. The second-order valence-corrected chi connectivity index (χ2v) is 5.83. The average Bonchev–Trinajstić information content (AvgIpc) is 2.48. The van der Waals surface area contributed by atoms with Crippen LogP contribution in [0.5, 0.6) is 5.75 Å². The monoisotopic (exact) mass is 283 g/mol. The molecule has 2 aromatic carbocycles. The Hall–Kier alpha value is -1.80. The summed E-state index contributed by atoms with van der Waals surface area (Å²) in [5.74, 6) is 1.48. The third kappa shape index (κ3) is 4.08. The molecule has 0 fully saturated rings. The average molecular weight is 283 g/mol. The molecule has 0 bridgehead atoms. The summed E-state index contributed by atoms with van der Waals surface area (Å²) in [6.07, 6.45) is 0. The molecule has 0 aliphatic heterocycles. The highest BCUT2D eigenvalue weighted by Gasteiger charge is 2.15. The first-order valence-corrected chi connectivity index (χ1v) is 7.53. The van der Waals surface area contributed by atoms with Crippen molar-refractivity contribution in [3.63, 3.8) is 0 Å². The lowest BCUT2D eigenvalue weighted by molar-refractivity contribution is 0.388. The van der Waals surface area contributed by atoms with Crippen LogP contribution >= 0.6 is 0 Å². The predicted molar refractivity (Wildman–Crippen MR) is 88.6 cm³/mol. The zero-order valence-corrected chi connectivity index (χ0v) is 13.4. The van der Waals surface area contributed by atoms with Gasteiger partial charge in [-0.05, 0) is 24.5 Å². The van der Waals surface area contributed by atoms with E-state index in [2.05, 4.69) is 68.6 Å². The molecule has 2 heteroatoms. The Morgan fingerprint density at radius 2 is 1.76 bits per heavy atom. The SMILES string of the molecule is COc1ccc(C)cc1CNC(c1ccccc1)C(C)C. The van der Waals surface area contributed by atoms with Crippen LogP contribution in [0.3, 0.4) is 0 Å². The number of methoxy groups -OCH3 is 1. The quantitative estimate of drug-likeness (QED) is 0.843. The molecule has 0 amide bonds.